The first kappa shape index (κ1) is 13.3. The summed E-state index contributed by atoms with van der Waals surface area (Å²) in [6.07, 6.45) is 1.28. The van der Waals surface area contributed by atoms with Crippen LogP contribution >= 0.6 is 11.8 Å². The molecular weight excluding hydrogens is 268 g/mol. The molecule has 0 saturated carbocycles. The van der Waals surface area contributed by atoms with Crippen molar-refractivity contribution in [3.05, 3.63) is 65.2 Å². The van der Waals surface area contributed by atoms with E-state index in [0.29, 0.717) is 5.92 Å². The molecule has 1 aliphatic carbocycles. The largest absolute Gasteiger partial charge is 0.481 e. The molecule has 0 spiro atoms. The Balaban J connectivity index is 1.56. The Morgan fingerprint density at radius 1 is 1.15 bits per heavy atom. The number of hydrogen-bond donors (Lipinski definition) is 1. The summed E-state index contributed by atoms with van der Waals surface area (Å²) < 4.78 is 0. The van der Waals surface area contributed by atoms with E-state index in [1.807, 2.05) is 36.0 Å². The fraction of sp³-hybridized carbons (Fsp3) is 0.235. The van der Waals surface area contributed by atoms with E-state index in [1.165, 1.54) is 22.4 Å². The third-order valence-electron chi connectivity index (χ3n) is 3.69. The van der Waals surface area contributed by atoms with Gasteiger partial charge in [0.1, 0.15) is 0 Å². The minimum Gasteiger partial charge on any atom is -0.481 e. The van der Waals surface area contributed by atoms with E-state index in [2.05, 4.69) is 24.3 Å². The zero-order valence-electron chi connectivity index (χ0n) is 11.1. The SMILES string of the molecule is O=C(O)Cc1ccc(SCC2Cc3ccccc32)cc1. The average Bonchev–Trinajstić information content (AvgIpc) is 2.41. The lowest BCUT2D eigenvalue weighted by Crippen LogP contribution is -2.18. The first-order valence-corrected chi connectivity index (χ1v) is 7.72. The summed E-state index contributed by atoms with van der Waals surface area (Å²) >= 11 is 1.85. The van der Waals surface area contributed by atoms with Crippen LogP contribution < -0.4 is 0 Å². The lowest BCUT2D eigenvalue weighted by Gasteiger charge is -2.29. The van der Waals surface area contributed by atoms with Crippen molar-refractivity contribution in [1.29, 1.82) is 0 Å². The smallest absolute Gasteiger partial charge is 0.307 e. The van der Waals surface area contributed by atoms with Crippen LogP contribution in [-0.4, -0.2) is 16.8 Å². The van der Waals surface area contributed by atoms with Gasteiger partial charge in [-0.2, -0.15) is 0 Å². The molecule has 0 bridgehead atoms. The maximum absolute atomic E-state index is 10.6. The van der Waals surface area contributed by atoms with Crippen molar-refractivity contribution in [1.82, 2.24) is 0 Å². The molecule has 0 aliphatic heterocycles. The number of carbonyl (C=O) groups is 1. The monoisotopic (exact) mass is 284 g/mol. The van der Waals surface area contributed by atoms with Crippen molar-refractivity contribution in [3.8, 4) is 0 Å². The van der Waals surface area contributed by atoms with E-state index in [4.69, 9.17) is 5.11 Å². The summed E-state index contributed by atoms with van der Waals surface area (Å²) in [4.78, 5) is 11.8. The first-order valence-electron chi connectivity index (χ1n) is 6.74. The molecule has 20 heavy (non-hydrogen) atoms. The molecule has 0 fully saturated rings. The van der Waals surface area contributed by atoms with Gasteiger partial charge in [-0.1, -0.05) is 36.4 Å². The van der Waals surface area contributed by atoms with Gasteiger partial charge in [0.25, 0.3) is 0 Å². The molecular formula is C17H16O2S. The third-order valence-corrected chi connectivity index (χ3v) is 4.87. The van der Waals surface area contributed by atoms with Gasteiger partial charge >= 0.3 is 5.97 Å². The third kappa shape index (κ3) is 2.88. The van der Waals surface area contributed by atoms with E-state index in [1.54, 1.807) is 0 Å². The van der Waals surface area contributed by atoms with Gasteiger partial charge in [0.2, 0.25) is 0 Å². The van der Waals surface area contributed by atoms with Crippen molar-refractivity contribution in [2.24, 2.45) is 0 Å². The average molecular weight is 284 g/mol. The summed E-state index contributed by atoms with van der Waals surface area (Å²) in [5, 5.41) is 8.74. The summed E-state index contributed by atoms with van der Waals surface area (Å²) in [5.74, 6) is 0.973. The topological polar surface area (TPSA) is 37.3 Å². The molecule has 1 aliphatic rings. The van der Waals surface area contributed by atoms with Crippen LogP contribution in [0.3, 0.4) is 0 Å². The van der Waals surface area contributed by atoms with Gasteiger partial charge in [-0.15, -0.1) is 11.8 Å². The highest BCUT2D eigenvalue weighted by Gasteiger charge is 2.24. The Morgan fingerprint density at radius 3 is 2.60 bits per heavy atom. The second kappa shape index (κ2) is 5.71. The summed E-state index contributed by atoms with van der Waals surface area (Å²) in [6, 6.07) is 16.5. The van der Waals surface area contributed by atoms with Crippen LogP contribution in [0.1, 0.15) is 22.6 Å². The highest BCUT2D eigenvalue weighted by molar-refractivity contribution is 7.99. The fourth-order valence-electron chi connectivity index (χ4n) is 2.59. The second-order valence-corrected chi connectivity index (χ2v) is 6.22. The number of benzene rings is 2. The number of hydrogen-bond acceptors (Lipinski definition) is 2. The molecule has 3 rings (SSSR count). The predicted molar refractivity (Wildman–Crippen MR) is 81.4 cm³/mol. The van der Waals surface area contributed by atoms with Gasteiger partial charge in [0.15, 0.2) is 0 Å². The van der Waals surface area contributed by atoms with Gasteiger partial charge in [0, 0.05) is 10.6 Å². The van der Waals surface area contributed by atoms with Crippen LogP contribution in [0.4, 0.5) is 0 Å². The van der Waals surface area contributed by atoms with Gasteiger partial charge in [-0.25, -0.2) is 0 Å². The summed E-state index contributed by atoms with van der Waals surface area (Å²) in [6.45, 7) is 0. The Hall–Kier alpha value is -1.74. The van der Waals surface area contributed by atoms with Crippen LogP contribution in [0, 0.1) is 0 Å². The van der Waals surface area contributed by atoms with Crippen LogP contribution in [0.25, 0.3) is 0 Å². The molecule has 3 heteroatoms. The van der Waals surface area contributed by atoms with E-state index in [-0.39, 0.29) is 6.42 Å². The first-order chi connectivity index (χ1) is 9.72. The molecule has 2 aromatic carbocycles. The van der Waals surface area contributed by atoms with Crippen LogP contribution in [0.2, 0.25) is 0 Å². The standard InChI is InChI=1S/C17H16O2S/c18-17(19)9-12-5-7-15(8-6-12)20-11-14-10-13-3-1-2-4-16(13)14/h1-8,14H,9-11H2,(H,18,19). The Bertz CT molecular complexity index is 619. The van der Waals surface area contributed by atoms with Crippen molar-refractivity contribution < 1.29 is 9.90 Å². The summed E-state index contributed by atoms with van der Waals surface area (Å²) in [7, 11) is 0. The Kier molecular flexibility index (Phi) is 3.79. The number of aliphatic carboxylic acids is 1. The highest BCUT2D eigenvalue weighted by atomic mass is 32.2. The van der Waals surface area contributed by atoms with Crippen LogP contribution in [0.5, 0.6) is 0 Å². The van der Waals surface area contributed by atoms with Crippen LogP contribution in [0.15, 0.2) is 53.4 Å². The second-order valence-electron chi connectivity index (χ2n) is 5.13. The zero-order chi connectivity index (χ0) is 13.9. The summed E-state index contributed by atoms with van der Waals surface area (Å²) in [5.41, 5.74) is 3.83. The number of thioether (sulfide) groups is 1. The molecule has 0 radical (unpaired) electrons. The van der Waals surface area contributed by atoms with Gasteiger partial charge < -0.3 is 5.11 Å². The molecule has 2 aromatic rings. The number of carboxylic acids is 1. The minimum atomic E-state index is -0.781. The van der Waals surface area contributed by atoms with Crippen molar-refractivity contribution >= 4 is 17.7 Å². The fourth-order valence-corrected chi connectivity index (χ4v) is 3.61. The number of fused-ring (bicyclic) bond motifs is 1. The Labute approximate surface area is 122 Å². The molecule has 1 N–H and O–H groups in total. The van der Waals surface area contributed by atoms with Crippen molar-refractivity contribution in [2.45, 2.75) is 23.7 Å². The molecule has 102 valence electrons. The van der Waals surface area contributed by atoms with Crippen LogP contribution in [-0.2, 0) is 17.6 Å². The molecule has 1 atom stereocenters. The number of rotatable bonds is 5. The van der Waals surface area contributed by atoms with E-state index in [0.717, 1.165) is 11.3 Å². The lowest BCUT2D eigenvalue weighted by atomic mass is 9.79. The van der Waals surface area contributed by atoms with Crippen molar-refractivity contribution in [2.75, 3.05) is 5.75 Å². The molecule has 0 saturated heterocycles. The molecule has 1 unspecified atom stereocenters. The van der Waals surface area contributed by atoms with E-state index in [9.17, 15) is 4.79 Å². The maximum atomic E-state index is 10.6. The maximum Gasteiger partial charge on any atom is 0.307 e. The minimum absolute atomic E-state index is 0.0982. The Morgan fingerprint density at radius 2 is 1.90 bits per heavy atom. The highest BCUT2D eigenvalue weighted by Crippen LogP contribution is 2.38. The molecule has 0 heterocycles. The molecule has 2 nitrogen and oxygen atoms in total. The van der Waals surface area contributed by atoms with Crippen molar-refractivity contribution in [3.63, 3.8) is 0 Å². The zero-order valence-corrected chi connectivity index (χ0v) is 11.9. The lowest BCUT2D eigenvalue weighted by molar-refractivity contribution is -0.136. The van der Waals surface area contributed by atoms with E-state index < -0.39 is 5.97 Å². The predicted octanol–water partition coefficient (Wildman–Crippen LogP) is 3.75. The van der Waals surface area contributed by atoms with E-state index >= 15 is 0 Å². The van der Waals surface area contributed by atoms with Gasteiger partial charge in [-0.3, -0.25) is 4.79 Å². The molecule has 0 aromatic heterocycles. The van der Waals surface area contributed by atoms with Gasteiger partial charge in [-0.05, 0) is 41.2 Å². The normalized spacial score (nSPS) is 16.3. The quantitative estimate of drug-likeness (QED) is 0.850. The molecule has 0 amide bonds. The number of carboxylic acid groups (broad SMARTS) is 1. The van der Waals surface area contributed by atoms with Gasteiger partial charge in [0.05, 0.1) is 6.42 Å².